The van der Waals surface area contributed by atoms with Gasteiger partial charge < -0.3 is 4.74 Å². The molecular weight excluding hydrogens is 838 g/mol. The standard InChI is InChI=1S/C14F26O7S2/c15-1(5(19,20)7(23,9(25,26)27)46-11(31,32)13(35,36)48(39,41)42)3(17)45-4(18)2(16)6(21,22)8(24,10(28,29)30)47-12(33,34)14(37,38)49(40,43)44. The predicted octanol–water partition coefficient (Wildman–Crippen LogP) is 7.95. The highest BCUT2D eigenvalue weighted by atomic mass is 32.3. The van der Waals surface area contributed by atoms with Gasteiger partial charge in [-0.3, -0.25) is 9.47 Å². The Bertz CT molecular complexity index is 1430. The molecule has 0 aliphatic rings. The number of hydrogen-bond acceptors (Lipinski definition) is 7. The molecule has 0 bridgehead atoms. The summed E-state index contributed by atoms with van der Waals surface area (Å²) in [5, 5.41) is -15.8. The Morgan fingerprint density at radius 3 is 0.776 bits per heavy atom. The van der Waals surface area contributed by atoms with Crippen molar-refractivity contribution < 1.29 is 144 Å². The molecule has 0 N–H and O–H groups in total. The van der Waals surface area contributed by atoms with E-state index in [0.717, 1.165) is 0 Å². The molecule has 0 saturated heterocycles. The van der Waals surface area contributed by atoms with Crippen molar-refractivity contribution in [3.63, 3.8) is 0 Å². The molecule has 2 unspecified atom stereocenters. The van der Waals surface area contributed by atoms with Gasteiger partial charge in [0.15, 0.2) is 0 Å². The van der Waals surface area contributed by atoms with Crippen molar-refractivity contribution in [2.24, 2.45) is 0 Å². The molecule has 0 amide bonds. The van der Waals surface area contributed by atoms with Crippen LogP contribution < -0.4 is 0 Å². The lowest BCUT2D eigenvalue weighted by Crippen LogP contribution is -2.63. The first-order valence-corrected chi connectivity index (χ1v) is 12.4. The Kier molecular flexibility index (Phi) is 11.8. The second-order valence-corrected chi connectivity index (χ2v) is 10.5. The van der Waals surface area contributed by atoms with Crippen molar-refractivity contribution in [2.45, 2.75) is 58.6 Å². The Labute approximate surface area is 248 Å². The first kappa shape index (κ1) is 46.3. The molecule has 49 heavy (non-hydrogen) atoms. The van der Waals surface area contributed by atoms with Gasteiger partial charge in [0.25, 0.3) is 0 Å². The van der Waals surface area contributed by atoms with E-state index in [1.54, 1.807) is 0 Å². The first-order chi connectivity index (χ1) is 20.8. The highest BCUT2D eigenvalue weighted by Gasteiger charge is 2.84. The van der Waals surface area contributed by atoms with E-state index >= 15 is 0 Å². The molecule has 0 heterocycles. The van der Waals surface area contributed by atoms with Gasteiger partial charge in [0, 0.05) is 0 Å². The number of hydrogen-bond donors (Lipinski definition) is 0. The molecule has 0 fully saturated rings. The SMILES string of the molecule is O=S(=O)(F)C(F)(F)C(F)(F)OC(F)(C(F)(F)F)C(F)(F)C(F)=C(F)OC(F)=C(F)C(F)(F)C(F)(OC(F)(F)C(F)(F)S(=O)(=O)F)C(F)(F)F. The van der Waals surface area contributed by atoms with Crippen molar-refractivity contribution in [3.05, 3.63) is 23.7 Å². The molecule has 0 spiro atoms. The minimum absolute atomic E-state index is 1.17. The van der Waals surface area contributed by atoms with Crippen molar-refractivity contribution in [1.82, 2.24) is 0 Å². The summed E-state index contributed by atoms with van der Waals surface area (Å²) in [7, 11) is -16.7. The molecule has 0 aromatic heterocycles. The molecule has 292 valence electrons. The largest absolute Gasteiger partial charge is 0.464 e. The first-order valence-electron chi connectivity index (χ1n) is 9.64. The molecule has 0 aromatic rings. The maximum atomic E-state index is 14.0. The van der Waals surface area contributed by atoms with E-state index in [-0.39, 0.29) is 0 Å². The fraction of sp³-hybridized carbons (Fsp3) is 0.714. The molecule has 0 rings (SSSR count). The summed E-state index contributed by atoms with van der Waals surface area (Å²) in [4.78, 5) is 0. The van der Waals surface area contributed by atoms with Gasteiger partial charge >= 0.3 is 91.1 Å². The van der Waals surface area contributed by atoms with Crippen LogP contribution in [0.25, 0.3) is 0 Å². The molecule has 35 heteroatoms. The van der Waals surface area contributed by atoms with Crippen LogP contribution in [-0.4, -0.2) is 75.5 Å². The maximum absolute atomic E-state index is 14.0. The monoisotopic (exact) mass is 838 g/mol. The number of halogens is 26. The van der Waals surface area contributed by atoms with Crippen molar-refractivity contribution in [3.8, 4) is 0 Å². The fourth-order valence-corrected chi connectivity index (χ4v) is 2.70. The summed E-state index contributed by atoms with van der Waals surface area (Å²) in [6.07, 6.45) is -32.8. The van der Waals surface area contributed by atoms with Crippen LogP contribution in [0.2, 0.25) is 0 Å². The van der Waals surface area contributed by atoms with E-state index in [1.807, 2.05) is 4.74 Å². The van der Waals surface area contributed by atoms with Crippen molar-refractivity contribution in [1.29, 1.82) is 0 Å². The Balaban J connectivity index is 7.35. The van der Waals surface area contributed by atoms with Crippen molar-refractivity contribution >= 4 is 20.4 Å². The van der Waals surface area contributed by atoms with Crippen LogP contribution in [0.5, 0.6) is 0 Å². The lowest BCUT2D eigenvalue weighted by molar-refractivity contribution is -0.474. The smallest absolute Gasteiger partial charge is 0.400 e. The summed E-state index contributed by atoms with van der Waals surface area (Å²) in [5.41, 5.74) is 0. The lowest BCUT2D eigenvalue weighted by atomic mass is 10.1. The van der Waals surface area contributed by atoms with Crippen LogP contribution in [0.3, 0.4) is 0 Å². The van der Waals surface area contributed by atoms with Gasteiger partial charge in [-0.05, 0) is 0 Å². The summed E-state index contributed by atoms with van der Waals surface area (Å²) in [6, 6.07) is -10.2. The van der Waals surface area contributed by atoms with Crippen LogP contribution in [0.15, 0.2) is 23.7 Å². The van der Waals surface area contributed by atoms with Crippen LogP contribution in [-0.2, 0) is 34.7 Å². The van der Waals surface area contributed by atoms with Crippen LogP contribution >= 0.6 is 0 Å². The van der Waals surface area contributed by atoms with Crippen LogP contribution in [0, 0.1) is 0 Å². The number of ether oxygens (including phenoxy) is 3. The van der Waals surface area contributed by atoms with Gasteiger partial charge in [-0.15, -0.1) is 0 Å². The summed E-state index contributed by atoms with van der Waals surface area (Å²) in [6.45, 7) is 0. The van der Waals surface area contributed by atoms with Crippen LogP contribution in [0.1, 0.15) is 0 Å². The van der Waals surface area contributed by atoms with Gasteiger partial charge in [-0.25, -0.2) is 0 Å². The average molecular weight is 838 g/mol. The lowest BCUT2D eigenvalue weighted by Gasteiger charge is -2.37. The molecule has 0 saturated carbocycles. The van der Waals surface area contributed by atoms with E-state index in [0.29, 0.717) is 0 Å². The third kappa shape index (κ3) is 7.65. The van der Waals surface area contributed by atoms with Crippen molar-refractivity contribution in [2.75, 3.05) is 0 Å². The fourth-order valence-electron chi connectivity index (χ4n) is 2.05. The zero-order valence-electron chi connectivity index (χ0n) is 20.5. The zero-order valence-corrected chi connectivity index (χ0v) is 22.1. The van der Waals surface area contributed by atoms with Gasteiger partial charge in [-0.1, -0.05) is 7.77 Å². The Hall–Kier alpha value is -2.72. The van der Waals surface area contributed by atoms with Gasteiger partial charge in [0.05, 0.1) is 0 Å². The Morgan fingerprint density at radius 1 is 0.408 bits per heavy atom. The highest BCUT2D eigenvalue weighted by molar-refractivity contribution is 7.87. The molecule has 7 nitrogen and oxygen atoms in total. The third-order valence-electron chi connectivity index (χ3n) is 4.44. The summed E-state index contributed by atoms with van der Waals surface area (Å²) in [5.74, 6) is -44.5. The van der Waals surface area contributed by atoms with E-state index in [4.69, 9.17) is 0 Å². The molecular formula is C14F26O7S2. The predicted molar refractivity (Wildman–Crippen MR) is 91.3 cm³/mol. The van der Waals surface area contributed by atoms with E-state index in [1.165, 1.54) is 9.47 Å². The average Bonchev–Trinajstić information content (AvgIpc) is 2.83. The van der Waals surface area contributed by atoms with Crippen LogP contribution in [0.4, 0.5) is 113 Å². The molecule has 0 aliphatic heterocycles. The topological polar surface area (TPSA) is 96.0 Å². The maximum Gasteiger partial charge on any atom is 0.464 e. The summed E-state index contributed by atoms with van der Waals surface area (Å²) >= 11 is 0. The molecule has 0 aromatic carbocycles. The van der Waals surface area contributed by atoms with Gasteiger partial charge in [0.1, 0.15) is 0 Å². The third-order valence-corrected chi connectivity index (χ3v) is 6.14. The second-order valence-electron chi connectivity index (χ2n) is 7.76. The molecule has 2 atom stereocenters. The van der Waals surface area contributed by atoms with E-state index in [2.05, 4.69) is 0 Å². The van der Waals surface area contributed by atoms with E-state index < -0.39 is 103 Å². The minimum atomic E-state index is -8.43. The molecule has 0 aliphatic carbocycles. The number of alkyl halides is 20. The van der Waals surface area contributed by atoms with Gasteiger partial charge in [-0.2, -0.15) is 122 Å². The quantitative estimate of drug-likeness (QED) is 0.0997. The minimum Gasteiger partial charge on any atom is -0.400 e. The highest BCUT2D eigenvalue weighted by Crippen LogP contribution is 2.57. The summed E-state index contributed by atoms with van der Waals surface area (Å²) < 4.78 is 388. The van der Waals surface area contributed by atoms with E-state index in [9.17, 15) is 130 Å². The molecule has 0 radical (unpaired) electrons. The normalized spacial score (nSPS) is 19.1. The number of rotatable bonds is 14. The second kappa shape index (κ2) is 12.5. The van der Waals surface area contributed by atoms with Gasteiger partial charge in [0.2, 0.25) is 11.7 Å². The Morgan fingerprint density at radius 2 is 0.612 bits per heavy atom. The zero-order chi connectivity index (χ0) is 40.4.